The van der Waals surface area contributed by atoms with Gasteiger partial charge in [-0.1, -0.05) is 36.4 Å². The third-order valence-corrected chi connectivity index (χ3v) is 6.11. The molecule has 30 heavy (non-hydrogen) atoms. The fraction of sp³-hybridized carbons (Fsp3) is 0.333. The Labute approximate surface area is 175 Å². The lowest BCUT2D eigenvalue weighted by atomic mass is 9.70. The lowest BCUT2D eigenvalue weighted by Crippen LogP contribution is -2.61. The van der Waals surface area contributed by atoms with Crippen LogP contribution in [0.5, 0.6) is 0 Å². The van der Waals surface area contributed by atoms with E-state index in [1.54, 1.807) is 0 Å². The maximum absolute atomic E-state index is 12.0. The molecular formula is C24H21N5O. The molecule has 0 unspecified atom stereocenters. The Balaban J connectivity index is 2.04. The molecule has 6 nitrogen and oxygen atoms in total. The summed E-state index contributed by atoms with van der Waals surface area (Å²) in [6.07, 6.45) is 3.52. The Kier molecular flexibility index (Phi) is 5.06. The highest BCUT2D eigenvalue weighted by atomic mass is 16.3. The molecule has 0 saturated heterocycles. The van der Waals surface area contributed by atoms with E-state index in [0.29, 0.717) is 0 Å². The monoisotopic (exact) mass is 395 g/mol. The van der Waals surface area contributed by atoms with Crippen molar-refractivity contribution in [3.8, 4) is 12.1 Å². The van der Waals surface area contributed by atoms with Crippen molar-refractivity contribution in [1.29, 1.82) is 10.5 Å². The average Bonchev–Trinajstić information content (AvgIpc) is 3.62. The topological polar surface area (TPSA) is 106 Å². The molecule has 1 aromatic carbocycles. The third-order valence-electron chi connectivity index (χ3n) is 6.11. The fourth-order valence-corrected chi connectivity index (χ4v) is 4.56. The Morgan fingerprint density at radius 1 is 1.17 bits per heavy atom. The summed E-state index contributed by atoms with van der Waals surface area (Å²) >= 11 is 0. The quantitative estimate of drug-likeness (QED) is 0.488. The van der Waals surface area contributed by atoms with Crippen molar-refractivity contribution in [2.45, 2.75) is 37.5 Å². The van der Waals surface area contributed by atoms with Gasteiger partial charge in [-0.2, -0.15) is 15.1 Å². The number of pyridine rings is 1. The standard InChI is InChI=1S/C24H21N5O/c1-16-7-5-6-12-29(16)23-21(17-8-3-2-4-9-17)20(15-27)22(18(13-25)14-26)28-24(23,30)19-10-11-19/h2-9,12,19-21,23,30H,10-11H2,1H3/t20-,21+,23-,24-/m0/s1. The predicted octanol–water partition coefficient (Wildman–Crippen LogP) is 2.99. The maximum Gasteiger partial charge on any atom is 0.222 e. The average molecular weight is 395 g/mol. The molecule has 4 rings (SSSR count). The number of aromatic nitrogens is 1. The Hall–Kier alpha value is -3.57. The number of allylic oxidation sites excluding steroid dienone is 1. The van der Waals surface area contributed by atoms with Crippen LogP contribution in [-0.4, -0.2) is 22.4 Å². The predicted molar refractivity (Wildman–Crippen MR) is 111 cm³/mol. The molecule has 1 saturated carbocycles. The zero-order valence-corrected chi connectivity index (χ0v) is 16.6. The summed E-state index contributed by atoms with van der Waals surface area (Å²) in [6, 6.07) is 18.9. The number of aliphatic hydroxyl groups is 1. The maximum atomic E-state index is 12.0. The third kappa shape index (κ3) is 3.13. The zero-order valence-electron chi connectivity index (χ0n) is 16.6. The lowest BCUT2D eigenvalue weighted by molar-refractivity contribution is -0.748. The van der Waals surface area contributed by atoms with Gasteiger partial charge in [0.1, 0.15) is 12.0 Å². The van der Waals surface area contributed by atoms with Crippen molar-refractivity contribution in [3.63, 3.8) is 0 Å². The van der Waals surface area contributed by atoms with Crippen molar-refractivity contribution >= 4 is 11.6 Å². The highest BCUT2D eigenvalue weighted by Gasteiger charge is 2.62. The second-order valence-corrected chi connectivity index (χ2v) is 7.89. The first-order chi connectivity index (χ1) is 14.5. The first-order valence-corrected chi connectivity index (χ1v) is 9.96. The molecule has 2 heterocycles. The normalized spacial score (nSPS) is 27.9. The Morgan fingerprint density at radius 3 is 2.43 bits per heavy atom. The van der Waals surface area contributed by atoms with Gasteiger partial charge in [-0.05, 0) is 18.4 Å². The van der Waals surface area contributed by atoms with E-state index in [9.17, 15) is 21.0 Å². The Bertz CT molecular complexity index is 1130. The minimum absolute atomic E-state index is 0.0888. The van der Waals surface area contributed by atoms with E-state index in [4.69, 9.17) is 0 Å². The molecule has 0 amide bonds. The van der Waals surface area contributed by atoms with Crippen molar-refractivity contribution in [1.82, 2.24) is 0 Å². The van der Waals surface area contributed by atoms with Gasteiger partial charge < -0.3 is 10.5 Å². The minimum Gasteiger partial charge on any atom is -0.762 e. The number of nitriles is 2. The SMILES string of the molecule is Cc1cccc[n+]1[C@H]1[C@H](c2ccccc2)[C@H](C#N)C(C(=C=[N-])C#N)=N[C@]1(O)C1CC1. The van der Waals surface area contributed by atoms with Crippen LogP contribution in [0.4, 0.5) is 0 Å². The second-order valence-electron chi connectivity index (χ2n) is 7.89. The van der Waals surface area contributed by atoms with Gasteiger partial charge >= 0.3 is 0 Å². The smallest absolute Gasteiger partial charge is 0.222 e. The highest BCUT2D eigenvalue weighted by Crippen LogP contribution is 2.54. The van der Waals surface area contributed by atoms with Crippen molar-refractivity contribution < 1.29 is 9.67 Å². The second kappa shape index (κ2) is 7.69. The van der Waals surface area contributed by atoms with Crippen LogP contribution in [0.15, 0.2) is 65.3 Å². The molecule has 1 aromatic heterocycles. The molecule has 0 bridgehead atoms. The van der Waals surface area contributed by atoms with Crippen LogP contribution in [0.3, 0.4) is 0 Å². The number of rotatable bonds is 4. The van der Waals surface area contributed by atoms with Gasteiger partial charge in [0.05, 0.1) is 23.3 Å². The lowest BCUT2D eigenvalue weighted by Gasteiger charge is -2.41. The van der Waals surface area contributed by atoms with Gasteiger partial charge in [-0.3, -0.25) is 0 Å². The minimum atomic E-state index is -1.51. The summed E-state index contributed by atoms with van der Waals surface area (Å²) in [7, 11) is 0. The van der Waals surface area contributed by atoms with E-state index in [-0.39, 0.29) is 17.2 Å². The number of hydrogen-bond donors (Lipinski definition) is 1. The number of benzene rings is 1. The first kappa shape index (κ1) is 19.7. The van der Waals surface area contributed by atoms with Crippen LogP contribution in [0.2, 0.25) is 0 Å². The van der Waals surface area contributed by atoms with E-state index < -0.39 is 23.6 Å². The zero-order chi connectivity index (χ0) is 21.3. The van der Waals surface area contributed by atoms with Gasteiger partial charge in [-0.25, -0.2) is 10.9 Å². The summed E-state index contributed by atoms with van der Waals surface area (Å²) in [5.41, 5.74) is 0.166. The molecule has 1 aliphatic carbocycles. The Morgan fingerprint density at radius 2 is 1.87 bits per heavy atom. The van der Waals surface area contributed by atoms with Gasteiger partial charge in [0.2, 0.25) is 11.8 Å². The number of hydrogen-bond acceptors (Lipinski definition) is 4. The summed E-state index contributed by atoms with van der Waals surface area (Å²) in [6.45, 7) is 1.96. The molecule has 0 radical (unpaired) electrons. The van der Waals surface area contributed by atoms with Gasteiger partial charge in [0.25, 0.3) is 0 Å². The number of nitrogens with zero attached hydrogens (tertiary/aromatic N) is 5. The molecule has 2 aromatic rings. The molecule has 0 spiro atoms. The molecular weight excluding hydrogens is 374 g/mol. The molecule has 6 heteroatoms. The number of aryl methyl sites for hydroxylation is 1. The van der Waals surface area contributed by atoms with Gasteiger partial charge in [-0.15, -0.1) is 0 Å². The molecule has 1 N–H and O–H groups in total. The van der Waals surface area contributed by atoms with Gasteiger partial charge in [0, 0.05) is 25.0 Å². The van der Waals surface area contributed by atoms with Crippen LogP contribution in [0.25, 0.3) is 5.41 Å². The molecule has 4 atom stereocenters. The molecule has 1 fully saturated rings. The fourth-order valence-electron chi connectivity index (χ4n) is 4.56. The largest absolute Gasteiger partial charge is 0.762 e. The molecule has 1 aliphatic heterocycles. The van der Waals surface area contributed by atoms with Crippen LogP contribution in [0, 0.1) is 41.4 Å². The molecule has 2 aliphatic rings. The summed E-state index contributed by atoms with van der Waals surface area (Å²) in [5, 5.41) is 41.1. The van der Waals surface area contributed by atoms with E-state index in [1.165, 1.54) is 0 Å². The number of aliphatic imine (C=N–C) groups is 1. The summed E-state index contributed by atoms with van der Waals surface area (Å²) in [5.74, 6) is 0.478. The van der Waals surface area contributed by atoms with E-state index >= 15 is 0 Å². The van der Waals surface area contributed by atoms with Crippen molar-refractivity contribution in [2.24, 2.45) is 16.8 Å². The highest BCUT2D eigenvalue weighted by molar-refractivity contribution is 6.13. The van der Waals surface area contributed by atoms with Crippen LogP contribution in [-0.2, 0) is 0 Å². The van der Waals surface area contributed by atoms with Crippen molar-refractivity contribution in [3.05, 3.63) is 77.0 Å². The van der Waals surface area contributed by atoms with Crippen LogP contribution in [0.1, 0.15) is 36.1 Å². The summed E-state index contributed by atoms with van der Waals surface area (Å²) in [4.78, 5) is 4.59. The molecule has 148 valence electrons. The van der Waals surface area contributed by atoms with E-state index in [0.717, 1.165) is 24.1 Å². The van der Waals surface area contributed by atoms with Crippen molar-refractivity contribution in [2.75, 3.05) is 0 Å². The van der Waals surface area contributed by atoms with E-state index in [2.05, 4.69) is 11.1 Å². The van der Waals surface area contributed by atoms with Gasteiger partial charge in [0.15, 0.2) is 11.9 Å². The van der Waals surface area contributed by atoms with Crippen LogP contribution >= 0.6 is 0 Å². The summed E-state index contributed by atoms with van der Waals surface area (Å²) < 4.78 is 1.99. The van der Waals surface area contributed by atoms with Crippen LogP contribution < -0.4 is 4.57 Å². The van der Waals surface area contributed by atoms with E-state index in [1.807, 2.05) is 78.2 Å². The first-order valence-electron chi connectivity index (χ1n) is 9.96.